The van der Waals surface area contributed by atoms with Crippen molar-refractivity contribution in [3.8, 4) is 0 Å². The molecule has 0 heterocycles. The van der Waals surface area contributed by atoms with E-state index < -0.39 is 0 Å². The van der Waals surface area contributed by atoms with Crippen molar-refractivity contribution in [2.24, 2.45) is 0 Å². The second-order valence-corrected chi connectivity index (χ2v) is 7.60. The molecule has 3 rings (SSSR count). The largest absolute Gasteiger partial charge is 0.359 e. The van der Waals surface area contributed by atoms with Gasteiger partial charge in [-0.3, -0.25) is 4.79 Å². The maximum Gasteiger partial charge on any atom is 0.220 e. The molecule has 146 valence electrons. The molecule has 0 bridgehead atoms. The van der Waals surface area contributed by atoms with Crippen LogP contribution >= 0.6 is 35.6 Å². The van der Waals surface area contributed by atoms with Crippen molar-refractivity contribution in [2.75, 3.05) is 14.1 Å². The number of hydrogen-bond acceptors (Lipinski definition) is 2. The van der Waals surface area contributed by atoms with Gasteiger partial charge in [-0.05, 0) is 60.7 Å². The van der Waals surface area contributed by atoms with E-state index in [9.17, 15) is 4.79 Å². The van der Waals surface area contributed by atoms with Crippen molar-refractivity contribution in [1.29, 1.82) is 0 Å². The van der Waals surface area contributed by atoms with Crippen LogP contribution in [-0.4, -0.2) is 20.0 Å². The number of amides is 1. The smallest absolute Gasteiger partial charge is 0.220 e. The Morgan fingerprint density at radius 3 is 2.48 bits per heavy atom. The zero-order valence-electron chi connectivity index (χ0n) is 15.5. The van der Waals surface area contributed by atoms with Crippen LogP contribution in [0.15, 0.2) is 36.4 Å². The predicted octanol–water partition coefficient (Wildman–Crippen LogP) is 5.28. The zero-order chi connectivity index (χ0) is 18.7. The Morgan fingerprint density at radius 1 is 1.04 bits per heavy atom. The number of rotatable bonds is 5. The summed E-state index contributed by atoms with van der Waals surface area (Å²) >= 11 is 12.4. The molecule has 0 saturated carbocycles. The lowest BCUT2D eigenvalue weighted by molar-refractivity contribution is -0.120. The fraction of sp³-hybridized carbons (Fsp3) is 0.381. The minimum atomic E-state index is 0. The summed E-state index contributed by atoms with van der Waals surface area (Å²) in [7, 11) is 3.68. The topological polar surface area (TPSA) is 41.1 Å². The predicted molar refractivity (Wildman–Crippen MR) is 115 cm³/mol. The lowest BCUT2D eigenvalue weighted by Crippen LogP contribution is -2.24. The van der Waals surface area contributed by atoms with Gasteiger partial charge in [-0.1, -0.05) is 47.5 Å². The molecule has 0 fully saturated rings. The minimum absolute atomic E-state index is 0. The molecule has 0 spiro atoms. The molecule has 2 atom stereocenters. The lowest BCUT2D eigenvalue weighted by Gasteiger charge is -2.32. The van der Waals surface area contributed by atoms with E-state index in [-0.39, 0.29) is 18.3 Å². The highest BCUT2D eigenvalue weighted by molar-refractivity contribution is 6.42. The summed E-state index contributed by atoms with van der Waals surface area (Å²) in [5, 5.41) is 7.28. The Balaban J connectivity index is 0.00000261. The minimum Gasteiger partial charge on any atom is -0.359 e. The SMILES string of the molecule is CNC(=O)CCc1ccc2c(c1)[C@H](c1ccc(Cl)c(Cl)c1)CC[C@@H]2NC.Cl. The van der Waals surface area contributed by atoms with Crippen molar-refractivity contribution in [2.45, 2.75) is 37.6 Å². The number of halogens is 3. The third-order valence-corrected chi connectivity index (χ3v) is 6.00. The molecule has 0 aromatic heterocycles. The molecule has 1 amide bonds. The Labute approximate surface area is 177 Å². The van der Waals surface area contributed by atoms with E-state index in [0.717, 1.165) is 19.3 Å². The van der Waals surface area contributed by atoms with Crippen LogP contribution < -0.4 is 10.6 Å². The first-order valence-electron chi connectivity index (χ1n) is 8.99. The molecule has 0 unspecified atom stereocenters. The summed E-state index contributed by atoms with van der Waals surface area (Å²) in [6, 6.07) is 12.9. The van der Waals surface area contributed by atoms with Crippen LogP contribution in [0.25, 0.3) is 0 Å². The van der Waals surface area contributed by atoms with Gasteiger partial charge in [-0.2, -0.15) is 0 Å². The molecule has 2 aromatic carbocycles. The highest BCUT2D eigenvalue weighted by Gasteiger charge is 2.28. The van der Waals surface area contributed by atoms with Crippen molar-refractivity contribution >= 4 is 41.5 Å². The molecule has 3 nitrogen and oxygen atoms in total. The summed E-state index contributed by atoms with van der Waals surface area (Å²) in [5.41, 5.74) is 5.04. The molecule has 2 N–H and O–H groups in total. The Hall–Kier alpha value is -1.26. The lowest BCUT2D eigenvalue weighted by atomic mass is 9.76. The second kappa shape index (κ2) is 9.79. The summed E-state index contributed by atoms with van der Waals surface area (Å²) in [6.45, 7) is 0. The molecule has 2 aromatic rings. The van der Waals surface area contributed by atoms with Gasteiger partial charge in [0.2, 0.25) is 5.91 Å². The Morgan fingerprint density at radius 2 is 1.81 bits per heavy atom. The third kappa shape index (κ3) is 4.97. The van der Waals surface area contributed by atoms with E-state index in [4.69, 9.17) is 23.2 Å². The van der Waals surface area contributed by atoms with E-state index >= 15 is 0 Å². The van der Waals surface area contributed by atoms with Crippen LogP contribution in [-0.2, 0) is 11.2 Å². The van der Waals surface area contributed by atoms with Crippen LogP contribution in [0.4, 0.5) is 0 Å². The van der Waals surface area contributed by atoms with Crippen LogP contribution in [0, 0.1) is 0 Å². The Kier molecular flexibility index (Phi) is 7.99. The molecular weight excluding hydrogens is 403 g/mol. The quantitative estimate of drug-likeness (QED) is 0.681. The van der Waals surface area contributed by atoms with Crippen molar-refractivity contribution < 1.29 is 4.79 Å². The summed E-state index contributed by atoms with van der Waals surface area (Å²) in [4.78, 5) is 11.6. The van der Waals surface area contributed by atoms with Crippen LogP contribution in [0.1, 0.15) is 53.5 Å². The average Bonchev–Trinajstić information content (AvgIpc) is 2.67. The van der Waals surface area contributed by atoms with Gasteiger partial charge < -0.3 is 10.6 Å². The number of aryl methyl sites for hydroxylation is 1. The third-order valence-electron chi connectivity index (χ3n) is 5.26. The van der Waals surface area contributed by atoms with Gasteiger partial charge in [0.15, 0.2) is 0 Å². The summed E-state index contributed by atoms with van der Waals surface area (Å²) in [5.74, 6) is 0.362. The summed E-state index contributed by atoms with van der Waals surface area (Å²) in [6.07, 6.45) is 3.37. The van der Waals surface area contributed by atoms with Gasteiger partial charge >= 0.3 is 0 Å². The maximum absolute atomic E-state index is 11.6. The standard InChI is InChI=1S/C21H24Cl2N2O.ClH/c1-24-20-9-7-15(14-5-8-18(22)19(23)12-14)17-11-13(3-6-16(17)20)4-10-21(26)25-2;/h3,5-6,8,11-12,15,20,24H,4,7,9-10H2,1-2H3,(H,25,26);1H/t15-,20-;/m0./s1. The van der Waals surface area contributed by atoms with Crippen LogP contribution in [0.3, 0.4) is 0 Å². The summed E-state index contributed by atoms with van der Waals surface area (Å²) < 4.78 is 0. The molecule has 27 heavy (non-hydrogen) atoms. The van der Waals surface area contributed by atoms with Crippen molar-refractivity contribution in [3.05, 3.63) is 68.7 Å². The van der Waals surface area contributed by atoms with Gasteiger partial charge in [0.25, 0.3) is 0 Å². The number of carbonyl (C=O) groups excluding carboxylic acids is 1. The molecule has 0 saturated heterocycles. The fourth-order valence-corrected chi connectivity index (χ4v) is 4.11. The first kappa shape index (κ1) is 22.0. The maximum atomic E-state index is 11.6. The van der Waals surface area contributed by atoms with Gasteiger partial charge in [-0.15, -0.1) is 12.4 Å². The van der Waals surface area contributed by atoms with Gasteiger partial charge in [0, 0.05) is 25.4 Å². The van der Waals surface area contributed by atoms with E-state index in [1.165, 1.54) is 22.3 Å². The molecular formula is C21H25Cl3N2O. The number of nitrogens with one attached hydrogen (secondary N) is 2. The van der Waals surface area contributed by atoms with E-state index in [2.05, 4.69) is 34.9 Å². The van der Waals surface area contributed by atoms with Crippen molar-refractivity contribution in [3.63, 3.8) is 0 Å². The van der Waals surface area contributed by atoms with Gasteiger partial charge in [0.05, 0.1) is 10.0 Å². The number of hydrogen-bond donors (Lipinski definition) is 2. The molecule has 0 radical (unpaired) electrons. The first-order chi connectivity index (χ1) is 12.5. The van der Waals surface area contributed by atoms with Crippen LogP contribution in [0.5, 0.6) is 0 Å². The normalized spacial score (nSPS) is 18.4. The average molecular weight is 428 g/mol. The Bertz CT molecular complexity index is 810. The molecule has 0 aliphatic heterocycles. The van der Waals surface area contributed by atoms with Crippen molar-refractivity contribution in [1.82, 2.24) is 10.6 Å². The monoisotopic (exact) mass is 426 g/mol. The second-order valence-electron chi connectivity index (χ2n) is 6.78. The molecule has 1 aliphatic carbocycles. The zero-order valence-corrected chi connectivity index (χ0v) is 17.8. The van der Waals surface area contributed by atoms with E-state index in [1.807, 2.05) is 19.2 Å². The number of benzene rings is 2. The number of fused-ring (bicyclic) bond motifs is 1. The van der Waals surface area contributed by atoms with Gasteiger partial charge in [0.1, 0.15) is 0 Å². The molecule has 6 heteroatoms. The van der Waals surface area contributed by atoms with E-state index in [1.54, 1.807) is 7.05 Å². The van der Waals surface area contributed by atoms with E-state index in [0.29, 0.717) is 28.4 Å². The van der Waals surface area contributed by atoms with Gasteiger partial charge in [-0.25, -0.2) is 0 Å². The fourth-order valence-electron chi connectivity index (χ4n) is 3.80. The first-order valence-corrected chi connectivity index (χ1v) is 9.74. The van der Waals surface area contributed by atoms with Crippen LogP contribution in [0.2, 0.25) is 10.0 Å². The highest BCUT2D eigenvalue weighted by atomic mass is 35.5. The highest BCUT2D eigenvalue weighted by Crippen LogP contribution is 2.42. The number of carbonyl (C=O) groups is 1. The molecule has 1 aliphatic rings.